The highest BCUT2D eigenvalue weighted by Crippen LogP contribution is 2.43. The molecule has 5 heteroatoms. The van der Waals surface area contributed by atoms with E-state index in [-0.39, 0.29) is 29.8 Å². The maximum atomic E-state index is 14.3. The number of allylic oxidation sites excluding steroid dienone is 3. The van der Waals surface area contributed by atoms with Gasteiger partial charge in [0, 0.05) is 12.3 Å². The Morgan fingerprint density at radius 3 is 2.82 bits per heavy atom. The maximum absolute atomic E-state index is 14.3. The smallest absolute Gasteiger partial charge is 0.306 e. The molecule has 3 nitrogen and oxygen atoms in total. The van der Waals surface area contributed by atoms with Crippen LogP contribution >= 0.6 is 0 Å². The molecule has 28 heavy (non-hydrogen) atoms. The molecule has 1 aromatic carbocycles. The first-order valence-corrected chi connectivity index (χ1v) is 10.0. The number of carbonyl (C=O) groups is 1. The van der Waals surface area contributed by atoms with Gasteiger partial charge in [0.25, 0.3) is 5.92 Å². The third-order valence-corrected chi connectivity index (χ3v) is 5.58. The molecule has 1 fully saturated rings. The minimum Gasteiger partial charge on any atom is -0.487 e. The number of benzene rings is 1. The minimum absolute atomic E-state index is 0.0374. The topological polar surface area (TPSA) is 35.5 Å². The first kappa shape index (κ1) is 20.6. The van der Waals surface area contributed by atoms with Gasteiger partial charge in [-0.25, -0.2) is 0 Å². The van der Waals surface area contributed by atoms with Gasteiger partial charge in [0.15, 0.2) is 6.61 Å². The molecule has 1 heterocycles. The van der Waals surface area contributed by atoms with Gasteiger partial charge in [0.05, 0.1) is 0 Å². The molecular weight excluding hydrogens is 362 g/mol. The molecule has 0 aromatic heterocycles. The van der Waals surface area contributed by atoms with E-state index in [0.29, 0.717) is 18.6 Å². The van der Waals surface area contributed by atoms with E-state index < -0.39 is 12.5 Å². The molecule has 3 rings (SSSR count). The SMILES string of the molecule is C[C@@H]1C[C@@H]2OC(=O)CCC/C=C\C[C@@H]2[C@H]1/C=C/C(F)(F)COc1ccccc1. The summed E-state index contributed by atoms with van der Waals surface area (Å²) in [5, 5.41) is 0. The van der Waals surface area contributed by atoms with E-state index in [4.69, 9.17) is 9.47 Å². The number of halogens is 2. The summed E-state index contributed by atoms with van der Waals surface area (Å²) in [7, 11) is 0. The van der Waals surface area contributed by atoms with Crippen LogP contribution < -0.4 is 4.74 Å². The highest BCUT2D eigenvalue weighted by Gasteiger charge is 2.42. The maximum Gasteiger partial charge on any atom is 0.306 e. The Hall–Kier alpha value is -2.17. The molecule has 1 aliphatic carbocycles. The van der Waals surface area contributed by atoms with E-state index in [0.717, 1.165) is 25.3 Å². The molecule has 1 saturated carbocycles. The van der Waals surface area contributed by atoms with Gasteiger partial charge >= 0.3 is 5.97 Å². The van der Waals surface area contributed by atoms with Crippen LogP contribution in [0, 0.1) is 17.8 Å². The van der Waals surface area contributed by atoms with Crippen molar-refractivity contribution in [1.29, 1.82) is 0 Å². The summed E-state index contributed by atoms with van der Waals surface area (Å²) in [5.41, 5.74) is 0. The Bertz CT molecular complexity index is 699. The predicted octanol–water partition coefficient (Wildman–Crippen LogP) is 5.57. The van der Waals surface area contributed by atoms with Gasteiger partial charge in [-0.15, -0.1) is 0 Å². The zero-order valence-corrected chi connectivity index (χ0v) is 16.2. The van der Waals surface area contributed by atoms with Gasteiger partial charge in [-0.05, 0) is 55.7 Å². The number of alkyl halides is 2. The van der Waals surface area contributed by atoms with E-state index in [1.54, 1.807) is 30.3 Å². The molecule has 0 radical (unpaired) electrons. The second-order valence-electron chi connectivity index (χ2n) is 7.80. The summed E-state index contributed by atoms with van der Waals surface area (Å²) in [6.45, 7) is 1.34. The zero-order valence-electron chi connectivity index (χ0n) is 16.2. The second-order valence-corrected chi connectivity index (χ2v) is 7.80. The van der Waals surface area contributed by atoms with Crippen molar-refractivity contribution >= 4 is 5.97 Å². The quantitative estimate of drug-likeness (QED) is 0.487. The number of rotatable bonds is 5. The first-order valence-electron chi connectivity index (χ1n) is 10.0. The summed E-state index contributed by atoms with van der Waals surface area (Å²) in [6, 6.07) is 8.62. The van der Waals surface area contributed by atoms with E-state index in [1.165, 1.54) is 0 Å². The third kappa shape index (κ3) is 5.66. The van der Waals surface area contributed by atoms with Crippen molar-refractivity contribution in [1.82, 2.24) is 0 Å². The monoisotopic (exact) mass is 390 g/mol. The lowest BCUT2D eigenvalue weighted by molar-refractivity contribution is -0.151. The average Bonchev–Trinajstić information content (AvgIpc) is 2.96. The van der Waals surface area contributed by atoms with Crippen molar-refractivity contribution in [2.75, 3.05) is 6.61 Å². The Morgan fingerprint density at radius 2 is 2.04 bits per heavy atom. The lowest BCUT2D eigenvalue weighted by atomic mass is 9.86. The molecule has 1 aromatic rings. The molecule has 0 bridgehead atoms. The largest absolute Gasteiger partial charge is 0.487 e. The highest BCUT2D eigenvalue weighted by molar-refractivity contribution is 5.69. The second kappa shape index (κ2) is 9.35. The number of esters is 1. The number of ether oxygens (including phenoxy) is 2. The van der Waals surface area contributed by atoms with E-state index in [9.17, 15) is 13.6 Å². The summed E-state index contributed by atoms with van der Waals surface area (Å²) in [4.78, 5) is 12.0. The van der Waals surface area contributed by atoms with Gasteiger partial charge in [0.1, 0.15) is 11.9 Å². The van der Waals surface area contributed by atoms with Crippen LogP contribution in [-0.4, -0.2) is 24.6 Å². The van der Waals surface area contributed by atoms with Crippen LogP contribution in [0.3, 0.4) is 0 Å². The van der Waals surface area contributed by atoms with Gasteiger partial charge in [-0.1, -0.05) is 43.4 Å². The van der Waals surface area contributed by atoms with Crippen LogP contribution in [0.25, 0.3) is 0 Å². The van der Waals surface area contributed by atoms with Crippen molar-refractivity contribution in [3.63, 3.8) is 0 Å². The van der Waals surface area contributed by atoms with Crippen LogP contribution in [-0.2, 0) is 9.53 Å². The first-order chi connectivity index (χ1) is 13.4. The molecule has 0 saturated heterocycles. The third-order valence-electron chi connectivity index (χ3n) is 5.58. The predicted molar refractivity (Wildman–Crippen MR) is 104 cm³/mol. The molecule has 0 unspecified atom stereocenters. The Morgan fingerprint density at radius 1 is 1.25 bits per heavy atom. The van der Waals surface area contributed by atoms with Crippen molar-refractivity contribution < 1.29 is 23.0 Å². The Labute approximate surface area is 165 Å². The molecule has 2 aliphatic rings. The number of para-hydroxylation sites is 1. The van der Waals surface area contributed by atoms with Crippen molar-refractivity contribution in [3.05, 3.63) is 54.6 Å². The normalized spacial score (nSPS) is 29.9. The Balaban J connectivity index is 1.66. The number of hydrogen-bond acceptors (Lipinski definition) is 3. The van der Waals surface area contributed by atoms with Crippen LogP contribution in [0.2, 0.25) is 0 Å². The average molecular weight is 390 g/mol. The lowest BCUT2D eigenvalue weighted by Gasteiger charge is -2.24. The van der Waals surface area contributed by atoms with E-state index in [1.807, 2.05) is 13.0 Å². The fraction of sp³-hybridized carbons (Fsp3) is 0.522. The fourth-order valence-electron chi connectivity index (χ4n) is 4.10. The van der Waals surface area contributed by atoms with Crippen LogP contribution in [0.5, 0.6) is 5.75 Å². The van der Waals surface area contributed by atoms with Gasteiger partial charge in [-0.2, -0.15) is 8.78 Å². The molecule has 0 amide bonds. The molecule has 0 spiro atoms. The lowest BCUT2D eigenvalue weighted by Crippen LogP contribution is -2.26. The molecule has 0 N–H and O–H groups in total. The summed E-state index contributed by atoms with van der Waals surface area (Å²) in [5.74, 6) is -2.65. The summed E-state index contributed by atoms with van der Waals surface area (Å²) < 4.78 is 39.5. The van der Waals surface area contributed by atoms with Crippen molar-refractivity contribution in [2.45, 2.75) is 51.1 Å². The molecular formula is C23H28F2O3. The van der Waals surface area contributed by atoms with Gasteiger partial charge < -0.3 is 9.47 Å². The highest BCUT2D eigenvalue weighted by atomic mass is 19.3. The fourth-order valence-corrected chi connectivity index (χ4v) is 4.10. The summed E-state index contributed by atoms with van der Waals surface area (Å²) in [6.07, 6.45) is 10.1. The Kier molecular flexibility index (Phi) is 6.87. The number of carbonyl (C=O) groups excluding carboxylic acids is 1. The van der Waals surface area contributed by atoms with E-state index >= 15 is 0 Å². The van der Waals surface area contributed by atoms with Crippen LogP contribution in [0.4, 0.5) is 8.78 Å². The van der Waals surface area contributed by atoms with Crippen molar-refractivity contribution in [2.24, 2.45) is 17.8 Å². The number of fused-ring (bicyclic) bond motifs is 1. The van der Waals surface area contributed by atoms with Crippen LogP contribution in [0.15, 0.2) is 54.6 Å². The van der Waals surface area contributed by atoms with Gasteiger partial charge in [0.2, 0.25) is 0 Å². The molecule has 4 atom stereocenters. The van der Waals surface area contributed by atoms with E-state index in [2.05, 4.69) is 12.2 Å². The molecule has 152 valence electrons. The standard InChI is InChI=1S/C23H28F2O3/c1-17-15-21-20(11-7-2-3-8-12-22(26)28-21)19(17)13-14-23(24,25)16-27-18-9-5-4-6-10-18/h2,4-7,9-10,13-14,17,19-21H,3,8,11-12,15-16H2,1H3/b7-2-,14-13+/t17-,19+,20-,21+/m1/s1. The molecule has 1 aliphatic heterocycles. The van der Waals surface area contributed by atoms with Crippen LogP contribution in [0.1, 0.15) is 39.0 Å². The summed E-state index contributed by atoms with van der Waals surface area (Å²) >= 11 is 0. The minimum atomic E-state index is -3.06. The number of hydrogen-bond donors (Lipinski definition) is 0. The van der Waals surface area contributed by atoms with Crippen molar-refractivity contribution in [3.8, 4) is 5.75 Å². The van der Waals surface area contributed by atoms with Gasteiger partial charge in [-0.3, -0.25) is 4.79 Å². The zero-order chi connectivity index (χ0) is 20.0.